The van der Waals surface area contributed by atoms with E-state index in [2.05, 4.69) is 19.6 Å². The Morgan fingerprint density at radius 1 is 1.42 bits per heavy atom. The van der Waals surface area contributed by atoms with Crippen molar-refractivity contribution in [2.24, 2.45) is 0 Å². The lowest BCUT2D eigenvalue weighted by Gasteiger charge is -2.14. The fourth-order valence-electron chi connectivity index (χ4n) is 0.643. The molecule has 0 unspecified atom stereocenters. The van der Waals surface area contributed by atoms with Crippen LogP contribution < -0.4 is 0 Å². The van der Waals surface area contributed by atoms with E-state index in [0.717, 1.165) is 5.38 Å². The van der Waals surface area contributed by atoms with Crippen molar-refractivity contribution in [2.45, 2.75) is 26.6 Å². The fraction of sp³-hybridized carbons (Fsp3) is 0.875. The van der Waals surface area contributed by atoms with Crippen molar-refractivity contribution in [2.75, 3.05) is 17.7 Å². The third kappa shape index (κ3) is 8.14. The van der Waals surface area contributed by atoms with E-state index < -0.39 is 8.07 Å². The molecule has 72 valence electrons. The molecular weight excluding hydrogens is 188 g/mol. The van der Waals surface area contributed by atoms with Gasteiger partial charge in [0.25, 0.3) is 0 Å². The van der Waals surface area contributed by atoms with Crippen molar-refractivity contribution in [3.05, 3.63) is 0 Å². The number of hydrogen-bond acceptors (Lipinski definition) is 3. The van der Waals surface area contributed by atoms with Crippen LogP contribution in [-0.4, -0.2) is 31.8 Å². The van der Waals surface area contributed by atoms with Crippen LogP contribution >= 0.6 is 11.8 Å². The van der Waals surface area contributed by atoms with Crippen molar-refractivity contribution in [3.63, 3.8) is 0 Å². The molecule has 0 aromatic carbocycles. The first-order valence-electron chi connectivity index (χ1n) is 4.19. The quantitative estimate of drug-likeness (QED) is 0.509. The Kier molecular flexibility index (Phi) is 5.66. The molecule has 0 amide bonds. The van der Waals surface area contributed by atoms with E-state index in [-0.39, 0.29) is 5.97 Å². The lowest BCUT2D eigenvalue weighted by atomic mass is 10.8. The second-order valence-electron chi connectivity index (χ2n) is 3.86. The zero-order chi connectivity index (χ0) is 9.61. The summed E-state index contributed by atoms with van der Waals surface area (Å²) in [5, 5.41) is 1.13. The Labute approximate surface area is 80.1 Å². The highest BCUT2D eigenvalue weighted by atomic mass is 32.2. The highest BCUT2D eigenvalue weighted by Crippen LogP contribution is 2.11. The summed E-state index contributed by atoms with van der Waals surface area (Å²) in [5.74, 6) is 0.429. The molecule has 0 heterocycles. The van der Waals surface area contributed by atoms with Crippen molar-refractivity contribution >= 4 is 25.8 Å². The minimum absolute atomic E-state index is 0.0826. The van der Waals surface area contributed by atoms with Crippen LogP contribution in [0.4, 0.5) is 0 Å². The molecule has 0 aliphatic carbocycles. The molecule has 4 heteroatoms. The summed E-state index contributed by atoms with van der Waals surface area (Å²) >= 11 is 1.70. The largest absolute Gasteiger partial charge is 0.465 e. The standard InChI is InChI=1S/C8H18O2SSi/c1-5-10-8(9)6-11-7-12(2,3)4/h5-7H2,1-4H3. The molecule has 0 N–H and O–H groups in total. The molecule has 0 atom stereocenters. The van der Waals surface area contributed by atoms with E-state index in [9.17, 15) is 4.79 Å². The van der Waals surface area contributed by atoms with Gasteiger partial charge in [-0.05, 0) is 12.3 Å². The minimum atomic E-state index is -0.992. The maximum absolute atomic E-state index is 10.9. The molecule has 0 spiro atoms. The molecule has 0 bridgehead atoms. The molecule has 2 nitrogen and oxygen atoms in total. The predicted octanol–water partition coefficient (Wildman–Crippen LogP) is 2.16. The van der Waals surface area contributed by atoms with Crippen LogP contribution in [0.2, 0.25) is 19.6 Å². The van der Waals surface area contributed by atoms with Gasteiger partial charge < -0.3 is 4.74 Å². The van der Waals surface area contributed by atoms with E-state index >= 15 is 0 Å². The second-order valence-corrected chi connectivity index (χ2v) is 10.8. The molecule has 0 aromatic heterocycles. The number of hydrogen-bond donors (Lipinski definition) is 0. The third-order valence-electron chi connectivity index (χ3n) is 1.06. The molecule has 12 heavy (non-hydrogen) atoms. The van der Waals surface area contributed by atoms with E-state index in [0.29, 0.717) is 12.4 Å². The first-order chi connectivity index (χ1) is 5.45. The molecule has 0 saturated heterocycles. The molecular formula is C8H18O2SSi. The molecule has 0 fully saturated rings. The SMILES string of the molecule is CCOC(=O)CSC[Si](C)(C)C. The summed E-state index contributed by atoms with van der Waals surface area (Å²) in [6.07, 6.45) is 0. The molecule has 0 radical (unpaired) electrons. The highest BCUT2D eigenvalue weighted by Gasteiger charge is 2.13. The molecule has 0 rings (SSSR count). The van der Waals surface area contributed by atoms with Gasteiger partial charge in [0.2, 0.25) is 0 Å². The average Bonchev–Trinajstić information content (AvgIpc) is 1.84. The van der Waals surface area contributed by atoms with E-state index in [1.54, 1.807) is 11.8 Å². The van der Waals surface area contributed by atoms with Crippen LogP contribution in [0.3, 0.4) is 0 Å². The van der Waals surface area contributed by atoms with Gasteiger partial charge in [0.05, 0.1) is 20.4 Å². The number of esters is 1. The number of thioether (sulfide) groups is 1. The van der Waals surface area contributed by atoms with Gasteiger partial charge in [0.1, 0.15) is 0 Å². The Bertz CT molecular complexity index is 142. The number of carbonyl (C=O) groups is 1. The maximum atomic E-state index is 10.9. The number of rotatable bonds is 5. The summed E-state index contributed by atoms with van der Waals surface area (Å²) in [7, 11) is -0.992. The van der Waals surface area contributed by atoms with Gasteiger partial charge in [-0.2, -0.15) is 11.8 Å². The Morgan fingerprint density at radius 2 is 2.00 bits per heavy atom. The summed E-state index contributed by atoms with van der Waals surface area (Å²) < 4.78 is 4.81. The predicted molar refractivity (Wildman–Crippen MR) is 57.3 cm³/mol. The van der Waals surface area contributed by atoms with Gasteiger partial charge in [0.15, 0.2) is 0 Å². The monoisotopic (exact) mass is 206 g/mol. The topological polar surface area (TPSA) is 26.3 Å². The smallest absolute Gasteiger partial charge is 0.315 e. The maximum Gasteiger partial charge on any atom is 0.315 e. The van der Waals surface area contributed by atoms with E-state index in [1.807, 2.05) is 6.92 Å². The summed E-state index contributed by atoms with van der Waals surface area (Å²) in [4.78, 5) is 10.9. The van der Waals surface area contributed by atoms with Crippen LogP contribution in [0.1, 0.15) is 6.92 Å². The Balaban J connectivity index is 3.37. The molecule has 0 saturated carbocycles. The van der Waals surface area contributed by atoms with Crippen molar-refractivity contribution in [1.29, 1.82) is 0 Å². The minimum Gasteiger partial charge on any atom is -0.465 e. The van der Waals surface area contributed by atoms with Gasteiger partial charge in [0, 0.05) is 0 Å². The summed E-state index contributed by atoms with van der Waals surface area (Å²) in [6.45, 7) is 9.22. The molecule has 0 aromatic rings. The summed E-state index contributed by atoms with van der Waals surface area (Å²) in [5.41, 5.74) is 0. The molecule has 0 aliphatic rings. The Morgan fingerprint density at radius 3 is 2.42 bits per heavy atom. The van der Waals surface area contributed by atoms with Crippen LogP contribution in [0.15, 0.2) is 0 Å². The zero-order valence-electron chi connectivity index (χ0n) is 8.35. The van der Waals surface area contributed by atoms with Crippen LogP contribution in [0, 0.1) is 0 Å². The van der Waals surface area contributed by atoms with E-state index in [1.165, 1.54) is 0 Å². The van der Waals surface area contributed by atoms with Crippen molar-refractivity contribution in [3.8, 4) is 0 Å². The first kappa shape index (κ1) is 12.0. The van der Waals surface area contributed by atoms with E-state index in [4.69, 9.17) is 4.74 Å². The molecule has 0 aliphatic heterocycles. The van der Waals surface area contributed by atoms with Gasteiger partial charge in [-0.1, -0.05) is 19.6 Å². The van der Waals surface area contributed by atoms with Crippen molar-refractivity contribution in [1.82, 2.24) is 0 Å². The van der Waals surface area contributed by atoms with Gasteiger partial charge in [-0.3, -0.25) is 4.79 Å². The third-order valence-corrected chi connectivity index (χ3v) is 5.78. The zero-order valence-corrected chi connectivity index (χ0v) is 10.2. The lowest BCUT2D eigenvalue weighted by molar-refractivity contribution is -0.139. The average molecular weight is 206 g/mol. The van der Waals surface area contributed by atoms with Gasteiger partial charge in [-0.15, -0.1) is 0 Å². The number of ether oxygens (including phenoxy) is 1. The number of carbonyl (C=O) groups excluding carboxylic acids is 1. The fourth-order valence-corrected chi connectivity index (χ4v) is 3.75. The highest BCUT2D eigenvalue weighted by molar-refractivity contribution is 8.01. The van der Waals surface area contributed by atoms with Crippen LogP contribution in [0.25, 0.3) is 0 Å². The van der Waals surface area contributed by atoms with Gasteiger partial charge in [-0.25, -0.2) is 0 Å². The van der Waals surface area contributed by atoms with Crippen LogP contribution in [-0.2, 0) is 9.53 Å². The normalized spacial score (nSPS) is 11.3. The van der Waals surface area contributed by atoms with Crippen molar-refractivity contribution < 1.29 is 9.53 Å². The second kappa shape index (κ2) is 5.64. The summed E-state index contributed by atoms with van der Waals surface area (Å²) in [6, 6.07) is 0. The Hall–Kier alpha value is 0.0369. The van der Waals surface area contributed by atoms with Gasteiger partial charge >= 0.3 is 5.97 Å². The lowest BCUT2D eigenvalue weighted by Crippen LogP contribution is -2.25. The van der Waals surface area contributed by atoms with Crippen LogP contribution in [0.5, 0.6) is 0 Å². The first-order valence-corrected chi connectivity index (χ1v) is 9.05.